The van der Waals surface area contributed by atoms with Gasteiger partial charge in [0.05, 0.1) is 22.9 Å². The maximum atomic E-state index is 10.7. The highest BCUT2D eigenvalue weighted by Gasteiger charge is 2.07. The largest absolute Gasteiger partial charge is 0.306 e. The molecule has 0 atom stereocenters. The van der Waals surface area contributed by atoms with E-state index in [4.69, 9.17) is 0 Å². The van der Waals surface area contributed by atoms with Crippen molar-refractivity contribution in [2.24, 2.45) is 0 Å². The number of hydrogen-bond acceptors (Lipinski definition) is 4. The van der Waals surface area contributed by atoms with Crippen molar-refractivity contribution in [2.45, 2.75) is 0 Å². The van der Waals surface area contributed by atoms with Gasteiger partial charge in [-0.2, -0.15) is 5.26 Å². The zero-order valence-electron chi connectivity index (χ0n) is 12.5. The summed E-state index contributed by atoms with van der Waals surface area (Å²) in [5.41, 5.74) is 2.93. The van der Waals surface area contributed by atoms with Crippen LogP contribution in [-0.4, -0.2) is 14.5 Å². The number of rotatable bonds is 4. The molecule has 0 fully saturated rings. The van der Waals surface area contributed by atoms with Crippen LogP contribution in [0.15, 0.2) is 67.3 Å². The molecule has 24 heavy (non-hydrogen) atoms. The van der Waals surface area contributed by atoms with Crippen molar-refractivity contribution in [3.8, 4) is 11.8 Å². The summed E-state index contributed by atoms with van der Waals surface area (Å²) in [5, 5.41) is 20.1. The van der Waals surface area contributed by atoms with E-state index in [9.17, 15) is 15.4 Å². The topological polar surface area (TPSA) is 84.8 Å². The van der Waals surface area contributed by atoms with Crippen LogP contribution in [-0.2, 0) is 0 Å². The third-order valence-electron chi connectivity index (χ3n) is 3.52. The van der Waals surface area contributed by atoms with E-state index >= 15 is 0 Å². The van der Waals surface area contributed by atoms with Gasteiger partial charge >= 0.3 is 0 Å². The lowest BCUT2D eigenvalue weighted by molar-refractivity contribution is -0.384. The number of aromatic nitrogens is 2. The van der Waals surface area contributed by atoms with Gasteiger partial charge in [-0.05, 0) is 41.5 Å². The lowest BCUT2D eigenvalue weighted by Gasteiger charge is -2.03. The molecule has 6 heteroatoms. The number of allylic oxidation sites excluding steroid dienone is 1. The van der Waals surface area contributed by atoms with Crippen LogP contribution in [0.2, 0.25) is 0 Å². The van der Waals surface area contributed by atoms with E-state index in [2.05, 4.69) is 11.1 Å². The third-order valence-corrected chi connectivity index (χ3v) is 3.52. The van der Waals surface area contributed by atoms with Crippen molar-refractivity contribution in [3.05, 3.63) is 88.5 Å². The second-order valence-corrected chi connectivity index (χ2v) is 5.04. The Balaban J connectivity index is 1.87. The quantitative estimate of drug-likeness (QED) is 0.317. The van der Waals surface area contributed by atoms with Crippen molar-refractivity contribution in [1.82, 2.24) is 9.55 Å². The summed E-state index contributed by atoms with van der Waals surface area (Å²) in [6.07, 6.45) is 7.01. The molecule has 6 nitrogen and oxygen atoms in total. The van der Waals surface area contributed by atoms with E-state index in [1.807, 2.05) is 35.0 Å². The lowest BCUT2D eigenvalue weighted by Crippen LogP contribution is -1.90. The standard InChI is InChI=1S/C18H12N4O2/c19-12-16(15-3-7-18(8-4-15)22(23)24)11-14-1-5-17(6-2-14)21-10-9-20-13-21/h1-11,13H/b16-11+. The normalized spacial score (nSPS) is 11.0. The van der Waals surface area contributed by atoms with E-state index in [-0.39, 0.29) is 5.69 Å². The van der Waals surface area contributed by atoms with Crippen LogP contribution in [0.3, 0.4) is 0 Å². The Kier molecular flexibility index (Phi) is 4.17. The Hall–Kier alpha value is -3.72. The Bertz CT molecular complexity index is 919. The van der Waals surface area contributed by atoms with E-state index in [0.717, 1.165) is 11.3 Å². The summed E-state index contributed by atoms with van der Waals surface area (Å²) in [4.78, 5) is 14.2. The molecule has 0 aliphatic carbocycles. The molecule has 0 amide bonds. The molecule has 2 aromatic carbocycles. The molecule has 0 bridgehead atoms. The van der Waals surface area contributed by atoms with Crippen molar-refractivity contribution >= 4 is 17.3 Å². The number of hydrogen-bond donors (Lipinski definition) is 0. The van der Waals surface area contributed by atoms with Crippen LogP contribution in [0.5, 0.6) is 0 Å². The van der Waals surface area contributed by atoms with E-state index in [0.29, 0.717) is 11.1 Å². The lowest BCUT2D eigenvalue weighted by atomic mass is 10.0. The van der Waals surface area contributed by atoms with Gasteiger partial charge in [0, 0.05) is 30.2 Å². The Morgan fingerprint density at radius 1 is 1.17 bits per heavy atom. The van der Waals surface area contributed by atoms with E-state index in [1.54, 1.807) is 30.7 Å². The molecular formula is C18H12N4O2. The van der Waals surface area contributed by atoms with Crippen molar-refractivity contribution in [1.29, 1.82) is 5.26 Å². The first-order chi connectivity index (χ1) is 11.7. The van der Waals surface area contributed by atoms with Gasteiger partial charge in [-0.1, -0.05) is 12.1 Å². The molecule has 0 radical (unpaired) electrons. The SMILES string of the molecule is N#C/C(=C\c1ccc(-n2ccnc2)cc1)c1ccc([N+](=O)[O-])cc1. The van der Waals surface area contributed by atoms with Crippen molar-refractivity contribution in [2.75, 3.05) is 0 Å². The summed E-state index contributed by atoms with van der Waals surface area (Å²) < 4.78 is 1.88. The summed E-state index contributed by atoms with van der Waals surface area (Å²) in [6.45, 7) is 0. The predicted octanol–water partition coefficient (Wildman–Crippen LogP) is 3.84. The van der Waals surface area contributed by atoms with Crippen LogP contribution in [0.25, 0.3) is 17.3 Å². The van der Waals surface area contributed by atoms with Crippen LogP contribution in [0.4, 0.5) is 5.69 Å². The van der Waals surface area contributed by atoms with Gasteiger partial charge in [-0.25, -0.2) is 4.98 Å². The molecule has 1 aromatic heterocycles. The van der Waals surface area contributed by atoms with Crippen molar-refractivity contribution in [3.63, 3.8) is 0 Å². The van der Waals surface area contributed by atoms with Crippen LogP contribution in [0.1, 0.15) is 11.1 Å². The fourth-order valence-electron chi connectivity index (χ4n) is 2.26. The van der Waals surface area contributed by atoms with Gasteiger partial charge in [0.15, 0.2) is 0 Å². The molecule has 3 aromatic rings. The van der Waals surface area contributed by atoms with Gasteiger partial charge in [-0.15, -0.1) is 0 Å². The van der Waals surface area contributed by atoms with Gasteiger partial charge in [-0.3, -0.25) is 10.1 Å². The molecule has 0 N–H and O–H groups in total. The highest BCUT2D eigenvalue weighted by molar-refractivity contribution is 5.89. The first-order valence-electron chi connectivity index (χ1n) is 7.12. The van der Waals surface area contributed by atoms with E-state index < -0.39 is 4.92 Å². The fraction of sp³-hybridized carbons (Fsp3) is 0. The Morgan fingerprint density at radius 2 is 1.88 bits per heavy atom. The predicted molar refractivity (Wildman–Crippen MR) is 90.1 cm³/mol. The number of benzene rings is 2. The first kappa shape index (κ1) is 15.2. The molecule has 0 spiro atoms. The molecule has 0 saturated heterocycles. The average molecular weight is 316 g/mol. The zero-order chi connectivity index (χ0) is 16.9. The minimum Gasteiger partial charge on any atom is -0.306 e. The van der Waals surface area contributed by atoms with Gasteiger partial charge in [0.1, 0.15) is 0 Å². The first-order valence-corrected chi connectivity index (χ1v) is 7.12. The van der Waals surface area contributed by atoms with Crippen LogP contribution in [0, 0.1) is 21.4 Å². The molecule has 1 heterocycles. The molecule has 0 aliphatic rings. The molecule has 0 unspecified atom stereocenters. The molecule has 3 rings (SSSR count). The molecular weight excluding hydrogens is 304 g/mol. The highest BCUT2D eigenvalue weighted by Crippen LogP contribution is 2.21. The van der Waals surface area contributed by atoms with Crippen LogP contribution < -0.4 is 0 Å². The summed E-state index contributed by atoms with van der Waals surface area (Å²) >= 11 is 0. The second kappa shape index (κ2) is 6.58. The summed E-state index contributed by atoms with van der Waals surface area (Å²) in [6, 6.07) is 15.7. The number of nitro benzene ring substituents is 1. The fourth-order valence-corrected chi connectivity index (χ4v) is 2.26. The highest BCUT2D eigenvalue weighted by atomic mass is 16.6. The molecule has 116 valence electrons. The maximum absolute atomic E-state index is 10.7. The summed E-state index contributed by atoms with van der Waals surface area (Å²) in [7, 11) is 0. The monoisotopic (exact) mass is 316 g/mol. The number of nitrogens with zero attached hydrogens (tertiary/aromatic N) is 4. The Morgan fingerprint density at radius 3 is 2.42 bits per heavy atom. The van der Waals surface area contributed by atoms with Gasteiger partial charge in [0.25, 0.3) is 5.69 Å². The Labute approximate surface area is 138 Å². The zero-order valence-corrected chi connectivity index (χ0v) is 12.5. The number of imidazole rings is 1. The average Bonchev–Trinajstić information content (AvgIpc) is 3.15. The minimum atomic E-state index is -0.464. The smallest absolute Gasteiger partial charge is 0.269 e. The van der Waals surface area contributed by atoms with Gasteiger partial charge in [0.2, 0.25) is 0 Å². The van der Waals surface area contributed by atoms with Crippen molar-refractivity contribution < 1.29 is 4.92 Å². The third kappa shape index (κ3) is 3.20. The molecule has 0 saturated carbocycles. The van der Waals surface area contributed by atoms with Gasteiger partial charge < -0.3 is 4.57 Å². The number of nitro groups is 1. The summed E-state index contributed by atoms with van der Waals surface area (Å²) in [5.74, 6) is 0. The van der Waals surface area contributed by atoms with Crippen LogP contribution >= 0.6 is 0 Å². The minimum absolute atomic E-state index is 0.000671. The molecule has 0 aliphatic heterocycles. The second-order valence-electron chi connectivity index (χ2n) is 5.04. The number of non-ortho nitro benzene ring substituents is 1. The maximum Gasteiger partial charge on any atom is 0.269 e. The van der Waals surface area contributed by atoms with E-state index in [1.165, 1.54) is 12.1 Å². The number of nitriles is 1.